The van der Waals surface area contributed by atoms with Gasteiger partial charge in [-0.05, 0) is 31.5 Å². The number of hydrogen-bond acceptors (Lipinski definition) is 5. The number of amidine groups is 1. The standard InChI is InChI=1S/C13H18N4O3S.ClH/c18-13(15-10-3-1-5-14-9-10)11-4-2-6-17-7-8-21(19,20)16-12(11)17;/h2,4,6,10,14H,1,3,5,7-9H2,(H,15,18);1H. The largest absolute Gasteiger partial charge is 0.348 e. The number of amides is 1. The van der Waals surface area contributed by atoms with Gasteiger partial charge in [-0.25, -0.2) is 8.42 Å². The van der Waals surface area contributed by atoms with Crippen molar-refractivity contribution in [2.45, 2.75) is 18.9 Å². The zero-order valence-electron chi connectivity index (χ0n) is 12.0. The summed E-state index contributed by atoms with van der Waals surface area (Å²) in [4.78, 5) is 14.1. The molecule has 122 valence electrons. The lowest BCUT2D eigenvalue weighted by atomic mass is 10.1. The number of carbonyl (C=O) groups excluding carboxylic acids is 1. The smallest absolute Gasteiger partial charge is 0.256 e. The van der Waals surface area contributed by atoms with Crippen LogP contribution in [-0.2, 0) is 14.8 Å². The summed E-state index contributed by atoms with van der Waals surface area (Å²) in [5.41, 5.74) is 0.311. The summed E-state index contributed by atoms with van der Waals surface area (Å²) in [7, 11) is -3.47. The van der Waals surface area contributed by atoms with E-state index >= 15 is 0 Å². The van der Waals surface area contributed by atoms with Crippen LogP contribution in [-0.4, -0.2) is 56.5 Å². The van der Waals surface area contributed by atoms with Crippen LogP contribution in [0.5, 0.6) is 0 Å². The minimum Gasteiger partial charge on any atom is -0.348 e. The van der Waals surface area contributed by atoms with E-state index in [1.165, 1.54) is 0 Å². The maximum Gasteiger partial charge on any atom is 0.256 e. The van der Waals surface area contributed by atoms with Crippen LogP contribution < -0.4 is 10.6 Å². The average molecular weight is 347 g/mol. The Hall–Kier alpha value is -1.38. The average Bonchev–Trinajstić information content (AvgIpc) is 2.46. The van der Waals surface area contributed by atoms with Crippen molar-refractivity contribution in [3.05, 3.63) is 23.9 Å². The quantitative estimate of drug-likeness (QED) is 0.721. The summed E-state index contributed by atoms with van der Waals surface area (Å²) in [6.45, 7) is 2.03. The molecule has 0 aromatic rings. The SMILES string of the molecule is Cl.O=C(NC1CCCNC1)C1=CC=CN2CCS(=O)(=O)N=C12. The van der Waals surface area contributed by atoms with E-state index in [2.05, 4.69) is 15.0 Å². The highest BCUT2D eigenvalue weighted by atomic mass is 35.5. The van der Waals surface area contributed by atoms with Crippen LogP contribution in [0, 0.1) is 0 Å². The third kappa shape index (κ3) is 3.68. The molecule has 3 aliphatic rings. The maximum absolute atomic E-state index is 12.4. The van der Waals surface area contributed by atoms with E-state index in [4.69, 9.17) is 0 Å². The molecule has 3 rings (SSSR count). The highest BCUT2D eigenvalue weighted by Gasteiger charge is 2.30. The number of halogens is 1. The number of piperidine rings is 1. The van der Waals surface area contributed by atoms with Gasteiger partial charge in [0.1, 0.15) is 0 Å². The Balaban J connectivity index is 0.00000176. The molecule has 3 aliphatic heterocycles. The molecule has 22 heavy (non-hydrogen) atoms. The van der Waals surface area contributed by atoms with Crippen molar-refractivity contribution in [1.82, 2.24) is 15.5 Å². The molecule has 1 amide bonds. The van der Waals surface area contributed by atoms with Gasteiger partial charge in [0.15, 0.2) is 5.84 Å². The first-order chi connectivity index (χ1) is 10.1. The second-order valence-corrected chi connectivity index (χ2v) is 7.09. The molecule has 0 radical (unpaired) electrons. The fourth-order valence-corrected chi connectivity index (χ4v) is 3.62. The topological polar surface area (TPSA) is 90.9 Å². The summed E-state index contributed by atoms with van der Waals surface area (Å²) in [5.74, 6) is -0.0682. The lowest BCUT2D eigenvalue weighted by Gasteiger charge is -2.30. The Morgan fingerprint density at radius 3 is 3.00 bits per heavy atom. The number of hydrogen-bond donors (Lipinski definition) is 2. The number of carbonyl (C=O) groups is 1. The predicted octanol–water partition coefficient (Wildman–Crippen LogP) is -0.226. The van der Waals surface area contributed by atoms with E-state index in [1.807, 2.05) is 0 Å². The van der Waals surface area contributed by atoms with Gasteiger partial charge in [-0.15, -0.1) is 16.8 Å². The van der Waals surface area contributed by atoms with Gasteiger partial charge in [-0.3, -0.25) is 4.79 Å². The predicted molar refractivity (Wildman–Crippen MR) is 86.4 cm³/mol. The van der Waals surface area contributed by atoms with E-state index in [0.29, 0.717) is 12.1 Å². The van der Waals surface area contributed by atoms with Gasteiger partial charge in [-0.2, -0.15) is 0 Å². The first kappa shape index (κ1) is 17.0. The molecule has 9 heteroatoms. The Bertz CT molecular complexity index is 636. The Labute approximate surface area is 136 Å². The molecule has 0 aromatic heterocycles. The first-order valence-corrected chi connectivity index (χ1v) is 8.66. The zero-order chi connectivity index (χ0) is 14.9. The Morgan fingerprint density at radius 1 is 1.45 bits per heavy atom. The summed E-state index contributed by atoms with van der Waals surface area (Å²) in [6.07, 6.45) is 7.04. The third-order valence-corrected chi connectivity index (χ3v) is 4.88. The molecule has 0 aliphatic carbocycles. The van der Waals surface area contributed by atoms with E-state index in [1.54, 1.807) is 23.3 Å². The third-order valence-electron chi connectivity index (χ3n) is 3.73. The van der Waals surface area contributed by atoms with E-state index in [-0.39, 0.29) is 35.9 Å². The monoisotopic (exact) mass is 346 g/mol. The fourth-order valence-electron chi connectivity index (χ4n) is 2.63. The van der Waals surface area contributed by atoms with E-state index in [9.17, 15) is 13.2 Å². The molecule has 1 saturated heterocycles. The second kappa shape index (κ2) is 6.80. The molecule has 7 nitrogen and oxygen atoms in total. The summed E-state index contributed by atoms with van der Waals surface area (Å²) in [5, 5.41) is 6.17. The van der Waals surface area contributed by atoms with Gasteiger partial charge in [0.2, 0.25) is 0 Å². The van der Waals surface area contributed by atoms with Gasteiger partial charge < -0.3 is 15.5 Å². The number of nitrogens with one attached hydrogen (secondary N) is 2. The molecule has 3 heterocycles. The molecule has 0 aromatic carbocycles. The summed E-state index contributed by atoms with van der Waals surface area (Å²) >= 11 is 0. The number of fused-ring (bicyclic) bond motifs is 1. The van der Waals surface area contributed by atoms with Gasteiger partial charge >= 0.3 is 0 Å². The van der Waals surface area contributed by atoms with Crippen molar-refractivity contribution in [3.8, 4) is 0 Å². The zero-order valence-corrected chi connectivity index (χ0v) is 13.6. The van der Waals surface area contributed by atoms with Crippen molar-refractivity contribution < 1.29 is 13.2 Å². The highest BCUT2D eigenvalue weighted by molar-refractivity contribution is 7.90. The van der Waals surface area contributed by atoms with Gasteiger partial charge in [0.25, 0.3) is 15.9 Å². The normalized spacial score (nSPS) is 26.2. The van der Waals surface area contributed by atoms with Crippen LogP contribution in [0.25, 0.3) is 0 Å². The van der Waals surface area contributed by atoms with Crippen molar-refractivity contribution in [2.24, 2.45) is 4.40 Å². The molecule has 1 unspecified atom stereocenters. The molecule has 2 N–H and O–H groups in total. The van der Waals surface area contributed by atoms with E-state index in [0.717, 1.165) is 25.9 Å². The molecule has 1 fully saturated rings. The molecule has 0 saturated carbocycles. The molecule has 1 atom stereocenters. The maximum atomic E-state index is 12.4. The number of rotatable bonds is 2. The number of allylic oxidation sites excluding steroid dienone is 2. The van der Waals surface area contributed by atoms with Crippen LogP contribution in [0.2, 0.25) is 0 Å². The Kier molecular flexibility index (Phi) is 5.25. The summed E-state index contributed by atoms with van der Waals surface area (Å²) < 4.78 is 27.1. The van der Waals surface area contributed by atoms with Gasteiger partial charge in [-0.1, -0.05) is 0 Å². The van der Waals surface area contributed by atoms with Crippen molar-refractivity contribution >= 4 is 34.2 Å². The van der Waals surface area contributed by atoms with Crippen molar-refractivity contribution in [1.29, 1.82) is 0 Å². The molecular weight excluding hydrogens is 328 g/mol. The van der Waals surface area contributed by atoms with Crippen LogP contribution in [0.15, 0.2) is 28.3 Å². The fraction of sp³-hybridized carbons (Fsp3) is 0.538. The van der Waals surface area contributed by atoms with Crippen LogP contribution in [0.1, 0.15) is 12.8 Å². The van der Waals surface area contributed by atoms with Crippen LogP contribution >= 0.6 is 12.4 Å². The Morgan fingerprint density at radius 2 is 2.27 bits per heavy atom. The first-order valence-electron chi connectivity index (χ1n) is 7.05. The van der Waals surface area contributed by atoms with Crippen molar-refractivity contribution in [3.63, 3.8) is 0 Å². The number of sulfonamides is 1. The van der Waals surface area contributed by atoms with E-state index < -0.39 is 10.0 Å². The van der Waals surface area contributed by atoms with Gasteiger partial charge in [0, 0.05) is 25.3 Å². The van der Waals surface area contributed by atoms with Crippen LogP contribution in [0.3, 0.4) is 0 Å². The molecule has 0 spiro atoms. The lowest BCUT2D eigenvalue weighted by Crippen LogP contribution is -2.48. The summed E-state index contributed by atoms with van der Waals surface area (Å²) in [6, 6.07) is 0.0762. The molecular formula is C13H19ClN4O3S. The second-order valence-electron chi connectivity index (χ2n) is 5.33. The molecule has 0 bridgehead atoms. The highest BCUT2D eigenvalue weighted by Crippen LogP contribution is 2.18. The number of nitrogens with zero attached hydrogens (tertiary/aromatic N) is 2. The minimum absolute atomic E-state index is 0. The van der Waals surface area contributed by atoms with Gasteiger partial charge in [0.05, 0.1) is 11.3 Å². The van der Waals surface area contributed by atoms with Crippen molar-refractivity contribution in [2.75, 3.05) is 25.4 Å². The minimum atomic E-state index is -3.47. The van der Waals surface area contributed by atoms with Crippen LogP contribution in [0.4, 0.5) is 0 Å². The lowest BCUT2D eigenvalue weighted by molar-refractivity contribution is -0.117.